The molecule has 0 aliphatic heterocycles. The van der Waals surface area contributed by atoms with E-state index in [-0.39, 0.29) is 5.75 Å². The summed E-state index contributed by atoms with van der Waals surface area (Å²) < 4.78 is 29.9. The fourth-order valence-corrected chi connectivity index (χ4v) is 3.70. The van der Waals surface area contributed by atoms with E-state index in [0.29, 0.717) is 10.6 Å². The number of rotatable bonds is 5. The molecule has 3 rings (SSSR count). The molecule has 4 nitrogen and oxygen atoms in total. The van der Waals surface area contributed by atoms with Gasteiger partial charge in [-0.15, -0.1) is 0 Å². The Morgan fingerprint density at radius 2 is 1.61 bits per heavy atom. The van der Waals surface area contributed by atoms with Crippen LogP contribution in [0.25, 0.3) is 11.3 Å². The average Bonchev–Trinajstić information content (AvgIpc) is 3.03. The molecule has 23 heavy (non-hydrogen) atoms. The van der Waals surface area contributed by atoms with Gasteiger partial charge in [0, 0.05) is 11.4 Å². The predicted octanol–water partition coefficient (Wildman–Crippen LogP) is 3.66. The highest BCUT2D eigenvalue weighted by Crippen LogP contribution is 2.23. The molecule has 3 aromatic rings. The van der Waals surface area contributed by atoms with Gasteiger partial charge in [-0.1, -0.05) is 18.2 Å². The number of hydrogen-bond donors (Lipinski definition) is 1. The van der Waals surface area contributed by atoms with Crippen molar-refractivity contribution in [1.82, 2.24) is 4.98 Å². The van der Waals surface area contributed by atoms with Gasteiger partial charge in [0.1, 0.15) is 5.75 Å². The van der Waals surface area contributed by atoms with E-state index in [2.05, 4.69) is 4.98 Å². The van der Waals surface area contributed by atoms with Crippen LogP contribution >= 0.6 is 0 Å². The van der Waals surface area contributed by atoms with Crippen molar-refractivity contribution < 1.29 is 13.2 Å². The lowest BCUT2D eigenvalue weighted by molar-refractivity contribution is 0.415. The predicted molar refractivity (Wildman–Crippen MR) is 90.1 cm³/mol. The van der Waals surface area contributed by atoms with E-state index < -0.39 is 9.84 Å². The van der Waals surface area contributed by atoms with Crippen LogP contribution in [0.3, 0.4) is 0 Å². The second-order valence-corrected chi connectivity index (χ2v) is 7.19. The number of aromatic amines is 1. The Kier molecular flexibility index (Phi) is 4.21. The normalized spacial score (nSPS) is 11.3. The minimum absolute atomic E-state index is 0.0484. The lowest BCUT2D eigenvalue weighted by atomic mass is 10.1. The fraction of sp³-hybridized carbons (Fsp3) is 0.111. The molecule has 0 radical (unpaired) electrons. The smallest absolute Gasteiger partial charge is 0.183 e. The lowest BCUT2D eigenvalue weighted by Gasteiger charge is -2.04. The van der Waals surface area contributed by atoms with Gasteiger partial charge in [-0.3, -0.25) is 0 Å². The third-order valence-corrected chi connectivity index (χ3v) is 5.28. The van der Waals surface area contributed by atoms with Crippen LogP contribution in [0.4, 0.5) is 0 Å². The molecule has 0 amide bonds. The summed E-state index contributed by atoms with van der Waals surface area (Å²) in [5, 5.41) is 0. The molecular weight excluding hydrogens is 310 g/mol. The maximum Gasteiger partial charge on any atom is 0.183 e. The third-order valence-electron chi connectivity index (χ3n) is 3.60. The number of H-pyrrole nitrogens is 1. The van der Waals surface area contributed by atoms with Gasteiger partial charge in [0.15, 0.2) is 9.84 Å². The first-order chi connectivity index (χ1) is 11.1. The SMILES string of the molecule is COc1ccc(-c2ccc(CS(=O)(=O)c3ccccc3)[nH]2)cc1. The molecule has 0 bridgehead atoms. The zero-order valence-electron chi connectivity index (χ0n) is 12.7. The van der Waals surface area contributed by atoms with Gasteiger partial charge >= 0.3 is 0 Å². The van der Waals surface area contributed by atoms with Crippen molar-refractivity contribution in [1.29, 1.82) is 0 Å². The number of nitrogens with one attached hydrogen (secondary N) is 1. The van der Waals surface area contributed by atoms with Crippen molar-refractivity contribution in [2.75, 3.05) is 7.11 Å². The summed E-state index contributed by atoms with van der Waals surface area (Å²) in [6.07, 6.45) is 0. The van der Waals surface area contributed by atoms with Crippen LogP contribution in [-0.2, 0) is 15.6 Å². The summed E-state index contributed by atoms with van der Waals surface area (Å²) in [5.41, 5.74) is 2.53. The molecule has 0 fully saturated rings. The first-order valence-electron chi connectivity index (χ1n) is 7.18. The Hall–Kier alpha value is -2.53. The van der Waals surface area contributed by atoms with E-state index in [9.17, 15) is 8.42 Å². The van der Waals surface area contributed by atoms with Crippen molar-refractivity contribution in [2.24, 2.45) is 0 Å². The maximum atomic E-state index is 12.4. The number of aromatic nitrogens is 1. The maximum absolute atomic E-state index is 12.4. The van der Waals surface area contributed by atoms with Crippen molar-refractivity contribution in [3.63, 3.8) is 0 Å². The summed E-state index contributed by atoms with van der Waals surface area (Å²) in [7, 11) is -1.72. The molecule has 0 spiro atoms. The van der Waals surface area contributed by atoms with Gasteiger partial charge in [-0.2, -0.15) is 0 Å². The highest BCUT2D eigenvalue weighted by Gasteiger charge is 2.16. The van der Waals surface area contributed by atoms with Crippen LogP contribution in [0.15, 0.2) is 71.6 Å². The Morgan fingerprint density at radius 3 is 2.26 bits per heavy atom. The number of sulfone groups is 1. The number of ether oxygens (including phenoxy) is 1. The highest BCUT2D eigenvalue weighted by atomic mass is 32.2. The Morgan fingerprint density at radius 1 is 0.913 bits per heavy atom. The molecule has 0 aliphatic rings. The number of hydrogen-bond acceptors (Lipinski definition) is 3. The van der Waals surface area contributed by atoms with Gasteiger partial charge in [0.25, 0.3) is 0 Å². The first kappa shape index (κ1) is 15.4. The molecule has 0 unspecified atom stereocenters. The standard InChI is InChI=1S/C18H17NO3S/c1-22-16-10-7-14(8-11-16)18-12-9-15(19-18)13-23(20,21)17-5-3-2-4-6-17/h2-12,19H,13H2,1H3. The van der Waals surface area contributed by atoms with Crippen LogP contribution < -0.4 is 4.74 Å². The van der Waals surface area contributed by atoms with Gasteiger partial charge in [-0.25, -0.2) is 8.42 Å². The van der Waals surface area contributed by atoms with Crippen molar-refractivity contribution in [3.8, 4) is 17.0 Å². The summed E-state index contributed by atoms with van der Waals surface area (Å²) >= 11 is 0. The number of methoxy groups -OCH3 is 1. The second-order valence-electron chi connectivity index (χ2n) is 5.20. The third kappa shape index (κ3) is 3.46. The molecule has 1 heterocycles. The van der Waals surface area contributed by atoms with E-state index in [1.54, 1.807) is 43.5 Å². The monoisotopic (exact) mass is 327 g/mol. The van der Waals surface area contributed by atoms with E-state index in [1.165, 1.54) is 0 Å². The van der Waals surface area contributed by atoms with Crippen molar-refractivity contribution in [3.05, 3.63) is 72.4 Å². The van der Waals surface area contributed by atoms with E-state index in [0.717, 1.165) is 17.0 Å². The largest absolute Gasteiger partial charge is 0.497 e. The topological polar surface area (TPSA) is 59.2 Å². The van der Waals surface area contributed by atoms with Crippen LogP contribution in [0.5, 0.6) is 5.75 Å². The van der Waals surface area contributed by atoms with Crippen molar-refractivity contribution in [2.45, 2.75) is 10.6 Å². The summed E-state index contributed by atoms with van der Waals surface area (Å²) in [6, 6.07) is 19.8. The molecule has 2 aromatic carbocycles. The van der Waals surface area contributed by atoms with Crippen LogP contribution in [0, 0.1) is 0 Å². The van der Waals surface area contributed by atoms with Gasteiger partial charge in [0.05, 0.1) is 17.8 Å². The second kappa shape index (κ2) is 6.30. The minimum Gasteiger partial charge on any atom is -0.497 e. The lowest BCUT2D eigenvalue weighted by Crippen LogP contribution is -2.05. The zero-order chi connectivity index (χ0) is 16.3. The summed E-state index contributed by atoms with van der Waals surface area (Å²) in [6.45, 7) is 0. The molecule has 0 aliphatic carbocycles. The van der Waals surface area contributed by atoms with Gasteiger partial charge < -0.3 is 9.72 Å². The zero-order valence-corrected chi connectivity index (χ0v) is 13.5. The highest BCUT2D eigenvalue weighted by molar-refractivity contribution is 7.90. The molecule has 0 saturated carbocycles. The first-order valence-corrected chi connectivity index (χ1v) is 8.84. The van der Waals surface area contributed by atoms with Crippen molar-refractivity contribution >= 4 is 9.84 Å². The van der Waals surface area contributed by atoms with Crippen LogP contribution in [0.1, 0.15) is 5.69 Å². The van der Waals surface area contributed by atoms with Gasteiger partial charge in [0.2, 0.25) is 0 Å². The average molecular weight is 327 g/mol. The molecular formula is C18H17NO3S. The van der Waals surface area contributed by atoms with Gasteiger partial charge in [-0.05, 0) is 54.1 Å². The molecule has 1 N–H and O–H groups in total. The minimum atomic E-state index is -3.34. The van der Waals surface area contributed by atoms with Crippen LogP contribution in [0.2, 0.25) is 0 Å². The molecule has 0 atom stereocenters. The van der Waals surface area contributed by atoms with Crippen LogP contribution in [-0.4, -0.2) is 20.5 Å². The van der Waals surface area contributed by atoms with E-state index >= 15 is 0 Å². The Bertz CT molecular complexity index is 882. The molecule has 0 saturated heterocycles. The Labute approximate surface area is 135 Å². The Balaban J connectivity index is 1.82. The fourth-order valence-electron chi connectivity index (χ4n) is 2.38. The molecule has 1 aromatic heterocycles. The van der Waals surface area contributed by atoms with E-state index in [4.69, 9.17) is 4.74 Å². The summed E-state index contributed by atoms with van der Waals surface area (Å²) in [5.74, 6) is 0.736. The molecule has 5 heteroatoms. The summed E-state index contributed by atoms with van der Waals surface area (Å²) in [4.78, 5) is 3.51. The van der Waals surface area contributed by atoms with E-state index in [1.807, 2.05) is 30.3 Å². The molecule has 118 valence electrons. The number of benzene rings is 2. The quantitative estimate of drug-likeness (QED) is 0.778.